The van der Waals surface area contributed by atoms with Crippen molar-refractivity contribution in [3.63, 3.8) is 0 Å². The summed E-state index contributed by atoms with van der Waals surface area (Å²) in [6.07, 6.45) is 4.09. The number of halogens is 2. The van der Waals surface area contributed by atoms with E-state index in [1.165, 1.54) is 30.6 Å². The van der Waals surface area contributed by atoms with E-state index in [0.29, 0.717) is 16.1 Å². The minimum absolute atomic E-state index is 0.322. The summed E-state index contributed by atoms with van der Waals surface area (Å²) in [4.78, 5) is 0. The van der Waals surface area contributed by atoms with E-state index >= 15 is 0 Å². The van der Waals surface area contributed by atoms with Crippen LogP contribution in [0.2, 0.25) is 10.0 Å². The van der Waals surface area contributed by atoms with E-state index in [1.54, 1.807) is 0 Å². The Balaban J connectivity index is 1.86. The van der Waals surface area contributed by atoms with Crippen LogP contribution in [-0.2, 0) is 0 Å². The van der Waals surface area contributed by atoms with Crippen molar-refractivity contribution in [1.29, 1.82) is 0 Å². The molecule has 1 N–H and O–H groups in total. The molecule has 0 bridgehead atoms. The predicted octanol–water partition coefficient (Wildman–Crippen LogP) is 4.93. The van der Waals surface area contributed by atoms with Crippen LogP contribution in [0.3, 0.4) is 0 Å². The van der Waals surface area contributed by atoms with Gasteiger partial charge in [-0.25, -0.2) is 0 Å². The van der Waals surface area contributed by atoms with E-state index in [4.69, 9.17) is 23.2 Å². The second-order valence-electron chi connectivity index (χ2n) is 4.79. The molecule has 1 aliphatic heterocycles. The molecule has 1 saturated heterocycles. The number of hydrogen-bond acceptors (Lipinski definition) is 2. The third kappa shape index (κ3) is 4.06. The highest BCUT2D eigenvalue weighted by molar-refractivity contribution is 7.99. The van der Waals surface area contributed by atoms with Gasteiger partial charge in [0.25, 0.3) is 0 Å². The molecule has 1 nitrogen and oxygen atoms in total. The smallest absolute Gasteiger partial charge is 0.0595 e. The fourth-order valence-corrected chi connectivity index (χ4v) is 3.73. The van der Waals surface area contributed by atoms with Crippen LogP contribution in [0.4, 0.5) is 0 Å². The van der Waals surface area contributed by atoms with Gasteiger partial charge < -0.3 is 5.32 Å². The van der Waals surface area contributed by atoms with Crippen molar-refractivity contribution in [1.82, 2.24) is 5.32 Å². The first-order chi connectivity index (χ1) is 8.66. The van der Waals surface area contributed by atoms with Crippen molar-refractivity contribution < 1.29 is 0 Å². The van der Waals surface area contributed by atoms with Crippen LogP contribution in [0.25, 0.3) is 0 Å². The first kappa shape index (κ1) is 14.5. The lowest BCUT2D eigenvalue weighted by Gasteiger charge is -2.24. The Labute approximate surface area is 124 Å². The van der Waals surface area contributed by atoms with E-state index in [2.05, 4.69) is 24.0 Å². The molecule has 4 heteroatoms. The summed E-state index contributed by atoms with van der Waals surface area (Å²) in [6.45, 7) is 3.25. The summed E-state index contributed by atoms with van der Waals surface area (Å²) in [7, 11) is 0. The van der Waals surface area contributed by atoms with Gasteiger partial charge in [-0.15, -0.1) is 0 Å². The molecule has 1 aliphatic rings. The molecule has 0 amide bonds. The quantitative estimate of drug-likeness (QED) is 0.846. The zero-order valence-corrected chi connectivity index (χ0v) is 12.9. The first-order valence-corrected chi connectivity index (χ1v) is 8.27. The fourth-order valence-electron chi connectivity index (χ4n) is 2.18. The predicted molar refractivity (Wildman–Crippen MR) is 83.0 cm³/mol. The third-order valence-electron chi connectivity index (χ3n) is 3.37. The Morgan fingerprint density at radius 3 is 2.83 bits per heavy atom. The maximum atomic E-state index is 6.04. The lowest BCUT2D eigenvalue weighted by molar-refractivity contribution is 0.538. The molecule has 0 saturated carbocycles. The molecule has 0 spiro atoms. The minimum Gasteiger partial charge on any atom is -0.309 e. The number of benzene rings is 1. The minimum atomic E-state index is 0.322. The van der Waals surface area contributed by atoms with Gasteiger partial charge in [0.1, 0.15) is 0 Å². The van der Waals surface area contributed by atoms with Crippen molar-refractivity contribution in [3.8, 4) is 0 Å². The van der Waals surface area contributed by atoms with E-state index in [-0.39, 0.29) is 0 Å². The van der Waals surface area contributed by atoms with E-state index < -0.39 is 0 Å². The SMILES string of the molecule is CC(NCC1CCCCS1)c1ccc(Cl)c(Cl)c1. The van der Waals surface area contributed by atoms with Crippen LogP contribution in [0, 0.1) is 0 Å². The summed E-state index contributed by atoms with van der Waals surface area (Å²) >= 11 is 14.1. The molecule has 1 aromatic carbocycles. The molecule has 100 valence electrons. The standard InChI is InChI=1S/C14H19Cl2NS/c1-10(11-5-6-13(15)14(16)8-11)17-9-12-4-2-3-7-18-12/h5-6,8,10,12,17H,2-4,7,9H2,1H3. The maximum absolute atomic E-state index is 6.04. The highest BCUT2D eigenvalue weighted by Crippen LogP contribution is 2.27. The summed E-state index contributed by atoms with van der Waals surface area (Å²) in [5, 5.41) is 5.62. The van der Waals surface area contributed by atoms with Crippen LogP contribution in [0.1, 0.15) is 37.8 Å². The van der Waals surface area contributed by atoms with Crippen molar-refractivity contribution >= 4 is 35.0 Å². The van der Waals surface area contributed by atoms with Gasteiger partial charge in [0.15, 0.2) is 0 Å². The zero-order valence-electron chi connectivity index (χ0n) is 10.6. The number of hydrogen-bond donors (Lipinski definition) is 1. The van der Waals surface area contributed by atoms with Crippen LogP contribution in [0.15, 0.2) is 18.2 Å². The van der Waals surface area contributed by atoms with E-state index in [0.717, 1.165) is 11.8 Å². The molecule has 1 aromatic rings. The fraction of sp³-hybridized carbons (Fsp3) is 0.571. The van der Waals surface area contributed by atoms with Gasteiger partial charge in [0, 0.05) is 17.8 Å². The van der Waals surface area contributed by atoms with Gasteiger partial charge in [-0.3, -0.25) is 0 Å². The van der Waals surface area contributed by atoms with Gasteiger partial charge in [0.05, 0.1) is 10.0 Å². The Morgan fingerprint density at radius 2 is 2.17 bits per heavy atom. The molecule has 2 unspecified atom stereocenters. The summed E-state index contributed by atoms with van der Waals surface area (Å²) in [5.74, 6) is 1.31. The highest BCUT2D eigenvalue weighted by atomic mass is 35.5. The highest BCUT2D eigenvalue weighted by Gasteiger charge is 2.15. The summed E-state index contributed by atoms with van der Waals surface area (Å²) < 4.78 is 0. The molecular weight excluding hydrogens is 285 g/mol. The Kier molecular flexibility index (Phi) is 5.68. The van der Waals surface area contributed by atoms with Gasteiger partial charge in [0.2, 0.25) is 0 Å². The van der Waals surface area contributed by atoms with Crippen LogP contribution >= 0.6 is 35.0 Å². The normalized spacial score (nSPS) is 21.8. The van der Waals surface area contributed by atoms with Gasteiger partial charge >= 0.3 is 0 Å². The van der Waals surface area contributed by atoms with Gasteiger partial charge in [-0.2, -0.15) is 11.8 Å². The molecular formula is C14H19Cl2NS. The topological polar surface area (TPSA) is 12.0 Å². The monoisotopic (exact) mass is 303 g/mol. The Morgan fingerprint density at radius 1 is 1.33 bits per heavy atom. The Bertz CT molecular complexity index is 391. The lowest BCUT2D eigenvalue weighted by atomic mass is 10.1. The molecule has 0 aromatic heterocycles. The van der Waals surface area contributed by atoms with E-state index in [1.807, 2.05) is 18.2 Å². The number of nitrogens with one attached hydrogen (secondary N) is 1. The third-order valence-corrected chi connectivity index (χ3v) is 5.51. The second kappa shape index (κ2) is 7.04. The summed E-state index contributed by atoms with van der Waals surface area (Å²) in [6, 6.07) is 6.18. The molecule has 0 aliphatic carbocycles. The van der Waals surface area contributed by atoms with Crippen LogP contribution < -0.4 is 5.32 Å². The van der Waals surface area contributed by atoms with Crippen molar-refractivity contribution in [2.75, 3.05) is 12.3 Å². The van der Waals surface area contributed by atoms with Crippen molar-refractivity contribution in [2.45, 2.75) is 37.5 Å². The van der Waals surface area contributed by atoms with Crippen molar-refractivity contribution in [2.24, 2.45) is 0 Å². The summed E-state index contributed by atoms with van der Waals surface area (Å²) in [5.41, 5.74) is 1.20. The molecule has 2 atom stereocenters. The molecule has 2 rings (SSSR count). The van der Waals surface area contributed by atoms with Crippen LogP contribution in [0.5, 0.6) is 0 Å². The maximum Gasteiger partial charge on any atom is 0.0595 e. The molecule has 0 radical (unpaired) electrons. The second-order valence-corrected chi connectivity index (χ2v) is 7.01. The van der Waals surface area contributed by atoms with E-state index in [9.17, 15) is 0 Å². The molecule has 18 heavy (non-hydrogen) atoms. The average Bonchev–Trinajstić information content (AvgIpc) is 2.40. The first-order valence-electron chi connectivity index (χ1n) is 6.47. The van der Waals surface area contributed by atoms with Crippen LogP contribution in [-0.4, -0.2) is 17.5 Å². The van der Waals surface area contributed by atoms with Gasteiger partial charge in [-0.1, -0.05) is 35.7 Å². The Hall–Kier alpha value is 0.110. The zero-order chi connectivity index (χ0) is 13.0. The van der Waals surface area contributed by atoms with Crippen molar-refractivity contribution in [3.05, 3.63) is 33.8 Å². The molecule has 1 heterocycles. The molecule has 1 fully saturated rings. The average molecular weight is 304 g/mol. The largest absolute Gasteiger partial charge is 0.309 e. The lowest BCUT2D eigenvalue weighted by Crippen LogP contribution is -2.29. The van der Waals surface area contributed by atoms with Gasteiger partial charge in [-0.05, 0) is 43.2 Å². The number of thioether (sulfide) groups is 1. The number of rotatable bonds is 4.